The average molecular weight is 572 g/mol. The number of nitrogen functional groups attached to an aromatic ring is 1. The number of hydrogen-bond donors (Lipinski definition) is 3. The Bertz CT molecular complexity index is 1580. The number of anilines is 3. The fourth-order valence-electron chi connectivity index (χ4n) is 4.47. The summed E-state index contributed by atoms with van der Waals surface area (Å²) in [5.74, 6) is 0.322. The summed E-state index contributed by atoms with van der Waals surface area (Å²) in [7, 11) is 0.533. The Balaban J connectivity index is 1.21. The first kappa shape index (κ1) is 28.1. The minimum Gasteiger partial charge on any atom is -0.449 e. The largest absolute Gasteiger partial charge is 0.449 e. The van der Waals surface area contributed by atoms with E-state index >= 15 is 0 Å². The maximum atomic E-state index is 13.1. The highest BCUT2D eigenvalue weighted by Crippen LogP contribution is 2.33. The molecule has 4 aromatic rings. The van der Waals surface area contributed by atoms with Crippen LogP contribution in [-0.2, 0) is 33.3 Å². The molecule has 1 heterocycles. The van der Waals surface area contributed by atoms with Gasteiger partial charge in [-0.1, -0.05) is 30.3 Å². The summed E-state index contributed by atoms with van der Waals surface area (Å²) in [5, 5.41) is 7.85. The van der Waals surface area contributed by atoms with Crippen LogP contribution in [0, 0.1) is 0 Å². The van der Waals surface area contributed by atoms with Crippen LogP contribution in [0.25, 0.3) is 10.8 Å². The van der Waals surface area contributed by atoms with E-state index in [1.807, 2.05) is 54.6 Å². The lowest BCUT2D eigenvalue weighted by Gasteiger charge is -2.21. The van der Waals surface area contributed by atoms with Gasteiger partial charge in [0.2, 0.25) is 5.91 Å². The number of nitrogens with zero attached hydrogens (tertiary/aromatic N) is 2. The second-order valence-corrected chi connectivity index (χ2v) is 11.8. The molecule has 1 saturated carbocycles. The zero-order chi connectivity index (χ0) is 28.8. The summed E-state index contributed by atoms with van der Waals surface area (Å²) < 4.78 is 18.4. The van der Waals surface area contributed by atoms with Gasteiger partial charge in [0.25, 0.3) is 0 Å². The van der Waals surface area contributed by atoms with E-state index in [-0.39, 0.29) is 30.9 Å². The molecule has 3 aromatic carbocycles. The Morgan fingerprint density at radius 2 is 1.83 bits per heavy atom. The van der Waals surface area contributed by atoms with Crippen LogP contribution in [0.3, 0.4) is 0 Å². The van der Waals surface area contributed by atoms with Crippen LogP contribution in [-0.4, -0.2) is 51.5 Å². The van der Waals surface area contributed by atoms with Gasteiger partial charge in [0.15, 0.2) is 0 Å². The average Bonchev–Trinajstić information content (AvgIpc) is 3.82. The summed E-state index contributed by atoms with van der Waals surface area (Å²) in [6.45, 7) is 0.570. The van der Waals surface area contributed by atoms with Gasteiger partial charge in [0, 0.05) is 53.1 Å². The number of fused-ring (bicyclic) bond motifs is 1. The Hall–Kier alpha value is -4.44. The number of carbonyl (C=O) groups is 2. The number of aromatic nitrogens is 1. The molecule has 9 nitrogen and oxygen atoms in total. The molecule has 1 aliphatic carbocycles. The summed E-state index contributed by atoms with van der Waals surface area (Å²) in [5.41, 5.74) is 9.05. The van der Waals surface area contributed by atoms with Gasteiger partial charge in [0.05, 0.1) is 24.0 Å². The van der Waals surface area contributed by atoms with Gasteiger partial charge in [-0.2, -0.15) is 0 Å². The van der Waals surface area contributed by atoms with E-state index in [0.717, 1.165) is 40.4 Å². The Morgan fingerprint density at radius 3 is 2.61 bits per heavy atom. The fourth-order valence-corrected chi connectivity index (χ4v) is 5.97. The van der Waals surface area contributed by atoms with E-state index in [2.05, 4.69) is 15.6 Å². The molecule has 10 heteroatoms. The topological polar surface area (TPSA) is 127 Å². The van der Waals surface area contributed by atoms with Crippen LogP contribution in [0.5, 0.6) is 0 Å². The second-order valence-electron chi connectivity index (χ2n) is 10.1. The van der Waals surface area contributed by atoms with E-state index < -0.39 is 16.9 Å². The van der Waals surface area contributed by atoms with Crippen LogP contribution in [0.15, 0.2) is 83.9 Å². The Kier molecular flexibility index (Phi) is 8.79. The maximum Gasteiger partial charge on any atom is 0.411 e. The number of amides is 2. The zero-order valence-electron chi connectivity index (χ0n) is 22.8. The first-order chi connectivity index (χ1) is 19.9. The molecule has 1 aliphatic rings. The molecule has 1 aromatic heterocycles. The first-order valence-corrected chi connectivity index (χ1v) is 14.7. The van der Waals surface area contributed by atoms with Crippen LogP contribution >= 0.6 is 0 Å². The number of rotatable bonds is 11. The molecule has 0 radical (unpaired) electrons. The molecule has 1 fully saturated rings. The van der Waals surface area contributed by atoms with Crippen LogP contribution in [0.4, 0.5) is 22.0 Å². The van der Waals surface area contributed by atoms with E-state index in [1.165, 1.54) is 0 Å². The third kappa shape index (κ3) is 7.40. The first-order valence-electron chi connectivity index (χ1n) is 13.5. The van der Waals surface area contributed by atoms with Gasteiger partial charge in [-0.15, -0.1) is 0 Å². The molecule has 0 spiro atoms. The maximum absolute atomic E-state index is 13.1. The molecule has 41 heavy (non-hydrogen) atoms. The molecule has 1 unspecified atom stereocenters. The summed E-state index contributed by atoms with van der Waals surface area (Å²) in [6.07, 6.45) is 3.54. The molecular formula is C31H33N5O4S. The Morgan fingerprint density at radius 1 is 1.05 bits per heavy atom. The van der Waals surface area contributed by atoms with Gasteiger partial charge >= 0.3 is 6.09 Å². The van der Waals surface area contributed by atoms with E-state index in [0.29, 0.717) is 22.8 Å². The SMILES string of the molecule is CN(Cc1cc(NC(=O)OCCc2ccccc2)ccc1S(=O)C1CC1)C(=O)CNc1ccc2c(N)nccc2c1. The van der Waals surface area contributed by atoms with Crippen LogP contribution in [0.1, 0.15) is 24.0 Å². The van der Waals surface area contributed by atoms with Crippen molar-refractivity contribution < 1.29 is 18.5 Å². The van der Waals surface area contributed by atoms with Gasteiger partial charge in [-0.25, -0.2) is 9.78 Å². The number of benzene rings is 3. The molecule has 1 atom stereocenters. The number of nitrogens with two attached hydrogens (primary N) is 1. The lowest BCUT2D eigenvalue weighted by Crippen LogP contribution is -2.32. The van der Waals surface area contributed by atoms with Crippen LogP contribution < -0.4 is 16.4 Å². The quantitative estimate of drug-likeness (QED) is 0.233. The smallest absolute Gasteiger partial charge is 0.411 e. The van der Waals surface area contributed by atoms with Crippen molar-refractivity contribution in [2.75, 3.05) is 36.6 Å². The standard InChI is InChI=1S/C31H33N5O4S/c1-36(29(37)19-34-24-7-11-27-22(17-24)13-15-33-30(27)32)20-23-18-25(8-12-28(23)41(39)26-9-10-26)35-31(38)40-16-14-21-5-3-2-4-6-21/h2-8,11-13,15,17-18,26,34H,9-10,14,16,19-20H2,1H3,(H2,32,33)(H,35,38). The van der Waals surface area contributed by atoms with Gasteiger partial charge in [-0.3, -0.25) is 14.3 Å². The number of likely N-dealkylation sites (N-methyl/N-ethyl adjacent to an activating group) is 1. The zero-order valence-corrected chi connectivity index (χ0v) is 23.7. The summed E-state index contributed by atoms with van der Waals surface area (Å²) in [6, 6.07) is 22.6. The molecule has 0 aliphatic heterocycles. The minimum atomic E-state index is -1.17. The van der Waals surface area contributed by atoms with E-state index in [4.69, 9.17) is 10.5 Å². The summed E-state index contributed by atoms with van der Waals surface area (Å²) in [4.78, 5) is 31.8. The minimum absolute atomic E-state index is 0.0787. The number of ether oxygens (including phenoxy) is 1. The van der Waals surface area contributed by atoms with Crippen molar-refractivity contribution in [1.82, 2.24) is 9.88 Å². The molecule has 2 amide bonds. The number of nitrogens with one attached hydrogen (secondary N) is 2. The molecule has 0 saturated heterocycles. The fraction of sp³-hybridized carbons (Fsp3) is 0.258. The molecule has 212 valence electrons. The van der Waals surface area contributed by atoms with Gasteiger partial charge < -0.3 is 20.7 Å². The predicted octanol–water partition coefficient (Wildman–Crippen LogP) is 4.95. The van der Waals surface area contributed by atoms with Crippen molar-refractivity contribution in [3.8, 4) is 0 Å². The highest BCUT2D eigenvalue weighted by atomic mass is 32.2. The molecular weight excluding hydrogens is 538 g/mol. The van der Waals surface area contributed by atoms with Crippen molar-refractivity contribution in [3.05, 3.63) is 90.1 Å². The van der Waals surface area contributed by atoms with Crippen LogP contribution in [0.2, 0.25) is 0 Å². The highest BCUT2D eigenvalue weighted by Gasteiger charge is 2.31. The van der Waals surface area contributed by atoms with E-state index in [9.17, 15) is 13.8 Å². The monoisotopic (exact) mass is 571 g/mol. The normalized spacial score (nSPS) is 13.4. The molecule has 0 bridgehead atoms. The lowest BCUT2D eigenvalue weighted by atomic mass is 10.1. The second kappa shape index (κ2) is 12.8. The summed E-state index contributed by atoms with van der Waals surface area (Å²) >= 11 is 0. The third-order valence-electron chi connectivity index (χ3n) is 6.89. The van der Waals surface area contributed by atoms with Gasteiger partial charge in [0.1, 0.15) is 5.82 Å². The third-order valence-corrected chi connectivity index (χ3v) is 8.80. The number of carbonyl (C=O) groups excluding carboxylic acids is 2. The van der Waals surface area contributed by atoms with Crippen molar-refractivity contribution in [1.29, 1.82) is 0 Å². The predicted molar refractivity (Wildman–Crippen MR) is 162 cm³/mol. The van der Waals surface area contributed by atoms with Crippen molar-refractivity contribution >= 4 is 50.8 Å². The Labute approximate surface area is 241 Å². The van der Waals surface area contributed by atoms with Crippen molar-refractivity contribution in [2.24, 2.45) is 0 Å². The van der Waals surface area contributed by atoms with Gasteiger partial charge in [-0.05, 0) is 71.8 Å². The number of pyridine rings is 1. The molecule has 5 rings (SSSR count). The lowest BCUT2D eigenvalue weighted by molar-refractivity contribution is -0.128. The van der Waals surface area contributed by atoms with Crippen molar-refractivity contribution in [3.63, 3.8) is 0 Å². The number of hydrogen-bond acceptors (Lipinski definition) is 7. The molecule has 4 N–H and O–H groups in total. The van der Waals surface area contributed by atoms with E-state index in [1.54, 1.807) is 36.3 Å². The highest BCUT2D eigenvalue weighted by molar-refractivity contribution is 7.86. The van der Waals surface area contributed by atoms with Crippen molar-refractivity contribution in [2.45, 2.75) is 36.0 Å².